The van der Waals surface area contributed by atoms with Crippen LogP contribution < -0.4 is 0 Å². The third kappa shape index (κ3) is 2.63. The average Bonchev–Trinajstić information content (AvgIpc) is 3.11. The van der Waals surface area contributed by atoms with Gasteiger partial charge in [0, 0.05) is 28.9 Å². The second-order valence-corrected chi connectivity index (χ2v) is 6.52. The van der Waals surface area contributed by atoms with E-state index >= 15 is 0 Å². The maximum absolute atomic E-state index is 4.22. The summed E-state index contributed by atoms with van der Waals surface area (Å²) in [5.74, 6) is 0. The Morgan fingerprint density at radius 1 is 0.481 bits per heavy atom. The van der Waals surface area contributed by atoms with Crippen molar-refractivity contribution in [3.63, 3.8) is 0 Å². The van der Waals surface area contributed by atoms with Crippen LogP contribution in [0, 0.1) is 0 Å². The molecule has 0 fully saturated rings. The highest BCUT2D eigenvalue weighted by molar-refractivity contribution is 6.06. The molecule has 0 bridgehead atoms. The number of benzene rings is 3. The number of pyridine rings is 1. The van der Waals surface area contributed by atoms with Crippen molar-refractivity contribution in [2.75, 3.05) is 0 Å². The molecule has 0 saturated heterocycles. The Kier molecular flexibility index (Phi) is 3.80. The quantitative estimate of drug-likeness (QED) is 0.372. The van der Waals surface area contributed by atoms with Crippen LogP contribution >= 0.6 is 0 Å². The van der Waals surface area contributed by atoms with Crippen molar-refractivity contribution < 1.29 is 0 Å². The van der Waals surface area contributed by atoms with E-state index in [0.717, 1.165) is 5.69 Å². The molecular formula is C25H18N2. The van der Waals surface area contributed by atoms with Gasteiger partial charge in [-0.2, -0.15) is 0 Å². The molecule has 0 aliphatic rings. The predicted molar refractivity (Wildman–Crippen MR) is 112 cm³/mol. The summed E-state index contributed by atoms with van der Waals surface area (Å²) in [5, 5.41) is 2.50. The molecular weight excluding hydrogens is 328 g/mol. The molecule has 3 aromatic carbocycles. The molecule has 0 amide bonds. The molecule has 27 heavy (non-hydrogen) atoms. The minimum absolute atomic E-state index is 1.11. The molecule has 0 atom stereocenters. The van der Waals surface area contributed by atoms with Crippen molar-refractivity contribution in [3.8, 4) is 28.2 Å². The van der Waals surface area contributed by atoms with Crippen molar-refractivity contribution in [2.24, 2.45) is 0 Å². The van der Waals surface area contributed by atoms with Crippen molar-refractivity contribution in [1.82, 2.24) is 9.55 Å². The van der Waals surface area contributed by atoms with Crippen LogP contribution in [-0.2, 0) is 0 Å². The molecule has 2 aromatic heterocycles. The molecule has 0 radical (unpaired) electrons. The number of fused-ring (bicyclic) bond motifs is 1. The van der Waals surface area contributed by atoms with Gasteiger partial charge in [-0.05, 0) is 23.3 Å². The fourth-order valence-corrected chi connectivity index (χ4v) is 3.76. The number of aromatic nitrogens is 2. The zero-order valence-electron chi connectivity index (χ0n) is 14.8. The molecule has 0 aliphatic carbocycles. The highest BCUT2D eigenvalue weighted by atomic mass is 15.0. The van der Waals surface area contributed by atoms with Crippen molar-refractivity contribution in [1.29, 1.82) is 0 Å². The molecule has 0 aliphatic heterocycles. The second kappa shape index (κ2) is 6.58. The lowest BCUT2D eigenvalue weighted by Crippen LogP contribution is -1.99. The SMILES string of the molecule is c1ccc(-c2c3ccccc3c(-c3ccccc3)n2-c2ccncc2)cc1. The molecule has 2 heterocycles. The zero-order chi connectivity index (χ0) is 18.1. The first kappa shape index (κ1) is 15.6. The van der Waals surface area contributed by atoms with Gasteiger partial charge in [0.25, 0.3) is 0 Å². The molecule has 2 heteroatoms. The fourth-order valence-electron chi connectivity index (χ4n) is 3.76. The average molecular weight is 346 g/mol. The van der Waals surface area contributed by atoms with Gasteiger partial charge in [0.05, 0.1) is 11.4 Å². The van der Waals surface area contributed by atoms with E-state index < -0.39 is 0 Å². The van der Waals surface area contributed by atoms with Crippen LogP contribution in [0.4, 0.5) is 0 Å². The Hall–Kier alpha value is -3.65. The Labute approximate surface area is 158 Å². The summed E-state index contributed by atoms with van der Waals surface area (Å²) in [6.45, 7) is 0. The smallest absolute Gasteiger partial charge is 0.0613 e. The van der Waals surface area contributed by atoms with Crippen LogP contribution in [0.3, 0.4) is 0 Å². The maximum Gasteiger partial charge on any atom is 0.0613 e. The third-order valence-corrected chi connectivity index (χ3v) is 4.90. The Balaban J connectivity index is 1.97. The molecule has 0 N–H and O–H groups in total. The number of hydrogen-bond donors (Lipinski definition) is 0. The van der Waals surface area contributed by atoms with E-state index in [1.807, 2.05) is 12.4 Å². The molecule has 0 unspecified atom stereocenters. The van der Waals surface area contributed by atoms with E-state index in [2.05, 4.69) is 107 Å². The lowest BCUT2D eigenvalue weighted by molar-refractivity contribution is 1.09. The van der Waals surface area contributed by atoms with Gasteiger partial charge in [0.1, 0.15) is 0 Å². The van der Waals surface area contributed by atoms with E-state index in [1.165, 1.54) is 33.3 Å². The zero-order valence-corrected chi connectivity index (χ0v) is 14.8. The molecule has 0 saturated carbocycles. The maximum atomic E-state index is 4.22. The summed E-state index contributed by atoms with van der Waals surface area (Å²) in [6, 6.07) is 34.0. The summed E-state index contributed by atoms with van der Waals surface area (Å²) in [4.78, 5) is 4.22. The minimum Gasteiger partial charge on any atom is -0.308 e. The predicted octanol–water partition coefficient (Wildman–Crippen LogP) is 6.36. The van der Waals surface area contributed by atoms with Gasteiger partial charge in [0.15, 0.2) is 0 Å². The third-order valence-electron chi connectivity index (χ3n) is 4.90. The standard InChI is InChI=1S/C25H18N2/c1-3-9-19(10-4-1)24-22-13-7-8-14-23(22)25(20-11-5-2-6-12-20)27(24)21-15-17-26-18-16-21/h1-18H. The summed E-state index contributed by atoms with van der Waals surface area (Å²) < 4.78 is 2.36. The highest BCUT2D eigenvalue weighted by Gasteiger charge is 2.20. The van der Waals surface area contributed by atoms with Crippen LogP contribution in [0.5, 0.6) is 0 Å². The fraction of sp³-hybridized carbons (Fsp3) is 0. The lowest BCUT2D eigenvalue weighted by Gasteiger charge is -2.14. The topological polar surface area (TPSA) is 17.8 Å². The van der Waals surface area contributed by atoms with E-state index in [4.69, 9.17) is 0 Å². The van der Waals surface area contributed by atoms with Gasteiger partial charge in [-0.3, -0.25) is 4.98 Å². The molecule has 5 aromatic rings. The number of nitrogens with zero attached hydrogens (tertiary/aromatic N) is 2. The normalized spacial score (nSPS) is 11.0. The van der Waals surface area contributed by atoms with Crippen LogP contribution in [0.1, 0.15) is 0 Å². The second-order valence-electron chi connectivity index (χ2n) is 6.52. The van der Waals surface area contributed by atoms with Crippen LogP contribution in [0.2, 0.25) is 0 Å². The number of rotatable bonds is 3. The van der Waals surface area contributed by atoms with Crippen LogP contribution in [-0.4, -0.2) is 9.55 Å². The largest absolute Gasteiger partial charge is 0.308 e. The first-order chi connectivity index (χ1) is 13.4. The highest BCUT2D eigenvalue weighted by Crippen LogP contribution is 2.41. The first-order valence-corrected chi connectivity index (χ1v) is 9.08. The summed E-state index contributed by atoms with van der Waals surface area (Å²) >= 11 is 0. The van der Waals surface area contributed by atoms with Crippen molar-refractivity contribution in [3.05, 3.63) is 109 Å². The van der Waals surface area contributed by atoms with Crippen LogP contribution in [0.25, 0.3) is 39.0 Å². The first-order valence-electron chi connectivity index (χ1n) is 9.08. The molecule has 128 valence electrons. The van der Waals surface area contributed by atoms with Gasteiger partial charge < -0.3 is 4.57 Å². The minimum atomic E-state index is 1.11. The van der Waals surface area contributed by atoms with E-state index in [9.17, 15) is 0 Å². The monoisotopic (exact) mass is 346 g/mol. The number of hydrogen-bond acceptors (Lipinski definition) is 1. The Bertz CT molecular complexity index is 1110. The Morgan fingerprint density at radius 3 is 1.41 bits per heavy atom. The van der Waals surface area contributed by atoms with Gasteiger partial charge in [0.2, 0.25) is 0 Å². The summed E-state index contributed by atoms with van der Waals surface area (Å²) in [7, 11) is 0. The van der Waals surface area contributed by atoms with Gasteiger partial charge in [-0.1, -0.05) is 84.9 Å². The van der Waals surface area contributed by atoms with Crippen molar-refractivity contribution in [2.45, 2.75) is 0 Å². The van der Waals surface area contributed by atoms with Gasteiger partial charge in [-0.15, -0.1) is 0 Å². The van der Waals surface area contributed by atoms with Crippen LogP contribution in [0.15, 0.2) is 109 Å². The van der Waals surface area contributed by atoms with E-state index in [1.54, 1.807) is 0 Å². The lowest BCUT2D eigenvalue weighted by atomic mass is 10.0. The molecule has 5 rings (SSSR count). The van der Waals surface area contributed by atoms with Gasteiger partial charge >= 0.3 is 0 Å². The summed E-state index contributed by atoms with van der Waals surface area (Å²) in [5.41, 5.74) is 5.92. The van der Waals surface area contributed by atoms with Crippen molar-refractivity contribution >= 4 is 10.8 Å². The van der Waals surface area contributed by atoms with E-state index in [0.29, 0.717) is 0 Å². The Morgan fingerprint density at radius 2 is 0.926 bits per heavy atom. The van der Waals surface area contributed by atoms with Gasteiger partial charge in [-0.25, -0.2) is 0 Å². The summed E-state index contributed by atoms with van der Waals surface area (Å²) in [6.07, 6.45) is 3.70. The van der Waals surface area contributed by atoms with E-state index in [-0.39, 0.29) is 0 Å². The molecule has 0 spiro atoms. The molecule has 2 nitrogen and oxygen atoms in total.